The van der Waals surface area contributed by atoms with Gasteiger partial charge >= 0.3 is 28.9 Å². The number of likely N-dealkylation sites (tertiary alicyclic amines) is 1. The van der Waals surface area contributed by atoms with Crippen LogP contribution < -0.4 is 4.66 Å². The molecule has 0 unspecified atom stereocenters. The van der Waals surface area contributed by atoms with Crippen LogP contribution in [0.1, 0.15) is 47.0 Å². The summed E-state index contributed by atoms with van der Waals surface area (Å²) in [4.78, 5) is 7.16. The van der Waals surface area contributed by atoms with Crippen molar-refractivity contribution in [1.82, 2.24) is 4.90 Å². The Morgan fingerprint density at radius 2 is 1.55 bits per heavy atom. The van der Waals surface area contributed by atoms with Crippen LogP contribution >= 0.6 is 0 Å². The van der Waals surface area contributed by atoms with Crippen LogP contribution in [0.4, 0.5) is 0 Å². The number of aliphatic imine (C=N–C) groups is 1. The molecule has 0 saturated carbocycles. The third-order valence-corrected chi connectivity index (χ3v) is 2.48. The summed E-state index contributed by atoms with van der Waals surface area (Å²) in [7, 11) is -4.19. The molecule has 0 amide bonds. The second-order valence-corrected chi connectivity index (χ2v) is 6.74. The summed E-state index contributed by atoms with van der Waals surface area (Å²) < 4.78 is 30.2. The molecule has 0 bridgehead atoms. The Labute approximate surface area is 123 Å². The minimum atomic E-state index is -4.19. The van der Waals surface area contributed by atoms with Crippen molar-refractivity contribution in [3.05, 3.63) is 12.2 Å². The topological polar surface area (TPSA) is 99.4 Å². The Morgan fingerprint density at radius 1 is 1.15 bits per heavy atom. The summed E-state index contributed by atoms with van der Waals surface area (Å²) in [6.45, 7) is 14.8. The van der Waals surface area contributed by atoms with Crippen molar-refractivity contribution in [1.29, 1.82) is 0 Å². The monoisotopic (exact) mass is 310 g/mol. The van der Waals surface area contributed by atoms with Crippen LogP contribution in [-0.2, 0) is 0 Å². The maximum absolute atomic E-state index is 8.83. The van der Waals surface area contributed by atoms with Crippen LogP contribution in [0.2, 0.25) is 0 Å². The Bertz CT molecular complexity index is 333. The van der Waals surface area contributed by atoms with Gasteiger partial charge in [0.25, 0.3) is 0 Å². The van der Waals surface area contributed by atoms with E-state index in [9.17, 15) is 0 Å². The minimum absolute atomic E-state index is 0.00820. The molecule has 0 aliphatic carbocycles. The molecule has 6 nitrogen and oxygen atoms in total. The molecular formula is C13H27ClN2O4. The molecule has 0 radical (unpaired) electrons. The van der Waals surface area contributed by atoms with Gasteiger partial charge in [0.05, 0.1) is 5.54 Å². The van der Waals surface area contributed by atoms with Crippen LogP contribution in [0.15, 0.2) is 17.1 Å². The van der Waals surface area contributed by atoms with Gasteiger partial charge < -0.3 is 4.90 Å². The van der Waals surface area contributed by atoms with Crippen molar-refractivity contribution >= 4 is 5.84 Å². The standard InChI is InChI=1S/C13H24N2.ClH3O4/c1-11(2)12(14-13(3,4)5)15-9-7-6-8-10-15;2-1(3,4)5/h1,6-10H2,2-5H3;2-4H. The zero-order chi connectivity index (χ0) is 16.0. The van der Waals surface area contributed by atoms with E-state index in [2.05, 4.69) is 39.2 Å². The van der Waals surface area contributed by atoms with Gasteiger partial charge in [-0.1, -0.05) is 6.58 Å². The molecule has 1 heterocycles. The van der Waals surface area contributed by atoms with Crippen LogP contribution in [0, 0.1) is 10.2 Å². The number of halogens is 1. The van der Waals surface area contributed by atoms with Gasteiger partial charge in [-0.2, -0.15) is 0 Å². The van der Waals surface area contributed by atoms with Gasteiger partial charge in [-0.3, -0.25) is 4.99 Å². The van der Waals surface area contributed by atoms with Crippen molar-refractivity contribution < 1.29 is 28.9 Å². The van der Waals surface area contributed by atoms with Crippen LogP contribution in [0.25, 0.3) is 0 Å². The maximum atomic E-state index is 8.83. The van der Waals surface area contributed by atoms with Crippen molar-refractivity contribution in [3.8, 4) is 0 Å². The third kappa shape index (κ3) is 11.2. The molecule has 1 fully saturated rings. The first kappa shape index (κ1) is 19.3. The number of hydrogen-bond acceptors (Lipinski definition) is 5. The van der Waals surface area contributed by atoms with E-state index in [1.54, 1.807) is 0 Å². The molecule has 1 saturated heterocycles. The normalized spacial score (nSPS) is 18.2. The van der Waals surface area contributed by atoms with Gasteiger partial charge in [-0.15, -0.1) is 0 Å². The summed E-state index contributed by atoms with van der Waals surface area (Å²) in [5.41, 5.74) is 1.08. The van der Waals surface area contributed by atoms with E-state index in [-0.39, 0.29) is 5.54 Å². The fourth-order valence-corrected chi connectivity index (χ4v) is 1.86. The van der Waals surface area contributed by atoms with Crippen LogP contribution in [-0.4, -0.2) is 43.3 Å². The average molecular weight is 311 g/mol. The second kappa shape index (κ2) is 7.95. The molecular weight excluding hydrogens is 284 g/mol. The molecule has 1 aliphatic rings. The average Bonchev–Trinajstić information content (AvgIpc) is 2.23. The van der Waals surface area contributed by atoms with Gasteiger partial charge in [0.15, 0.2) is 0 Å². The van der Waals surface area contributed by atoms with Crippen molar-refractivity contribution in [3.63, 3.8) is 0 Å². The number of hydrogen-bond donors (Lipinski definition) is 3. The van der Waals surface area contributed by atoms with E-state index in [4.69, 9.17) is 23.6 Å². The van der Waals surface area contributed by atoms with E-state index in [0.29, 0.717) is 0 Å². The summed E-state index contributed by atoms with van der Waals surface area (Å²) in [5.74, 6) is 1.11. The predicted octanol–water partition coefficient (Wildman–Crippen LogP) is 0.385. The van der Waals surface area contributed by atoms with E-state index in [0.717, 1.165) is 24.5 Å². The molecule has 0 aromatic carbocycles. The Morgan fingerprint density at radius 3 is 1.85 bits per heavy atom. The number of nitrogens with zero attached hydrogens (tertiary/aromatic N) is 2. The molecule has 0 aromatic heterocycles. The number of rotatable bonds is 1. The molecule has 0 spiro atoms. The van der Waals surface area contributed by atoms with Gasteiger partial charge in [-0.25, -0.2) is 0 Å². The summed E-state index contributed by atoms with van der Waals surface area (Å²) >= 11 is 0. The first-order chi connectivity index (χ1) is 8.90. The zero-order valence-corrected chi connectivity index (χ0v) is 13.5. The quantitative estimate of drug-likeness (QED) is 0.480. The van der Waals surface area contributed by atoms with Crippen molar-refractivity contribution in [2.75, 3.05) is 13.1 Å². The van der Waals surface area contributed by atoms with Gasteiger partial charge in [-0.05, 0) is 52.5 Å². The fourth-order valence-electron chi connectivity index (χ4n) is 1.86. The Hall–Kier alpha value is -0.660. The first-order valence-electron chi connectivity index (χ1n) is 6.57. The first-order valence-corrected chi connectivity index (χ1v) is 7.89. The number of piperidine rings is 1. The molecule has 0 aromatic rings. The SMILES string of the molecule is C=C(C)C(=NC(C)(C)C)N1CCCCC1.[O-][Cl+](O)(O)O. The van der Waals surface area contributed by atoms with E-state index < -0.39 is 10.2 Å². The Balaban J connectivity index is 0.000000621. The van der Waals surface area contributed by atoms with E-state index in [1.165, 1.54) is 19.3 Å². The summed E-state index contributed by atoms with van der Waals surface area (Å²) in [6.07, 6.45) is 3.93. The fraction of sp³-hybridized carbons (Fsp3) is 0.769. The molecule has 7 heteroatoms. The summed E-state index contributed by atoms with van der Waals surface area (Å²) in [6, 6.07) is 0. The molecule has 1 aliphatic heterocycles. The van der Waals surface area contributed by atoms with Crippen molar-refractivity contribution in [2.24, 2.45) is 4.99 Å². The molecule has 20 heavy (non-hydrogen) atoms. The van der Waals surface area contributed by atoms with Gasteiger partial charge in [0.2, 0.25) is 0 Å². The molecule has 120 valence electrons. The predicted molar refractivity (Wildman–Crippen MR) is 74.1 cm³/mol. The van der Waals surface area contributed by atoms with Crippen LogP contribution in [0.3, 0.4) is 0 Å². The van der Waals surface area contributed by atoms with Gasteiger partial charge in [0, 0.05) is 13.1 Å². The van der Waals surface area contributed by atoms with Crippen molar-refractivity contribution in [2.45, 2.75) is 52.5 Å². The third-order valence-electron chi connectivity index (χ3n) is 2.48. The van der Waals surface area contributed by atoms with Gasteiger partial charge in [0.1, 0.15) is 5.84 Å². The molecule has 1 rings (SSSR count). The second-order valence-electron chi connectivity index (χ2n) is 5.87. The number of amidine groups is 1. The zero-order valence-electron chi connectivity index (χ0n) is 12.8. The Kier molecular flexibility index (Phi) is 7.69. The summed E-state index contributed by atoms with van der Waals surface area (Å²) in [5, 5.41) is 0. The van der Waals surface area contributed by atoms with E-state index in [1.807, 2.05) is 0 Å². The molecule has 3 N–H and O–H groups in total. The van der Waals surface area contributed by atoms with Crippen LogP contribution in [0.5, 0.6) is 0 Å². The molecule has 0 atom stereocenters. The van der Waals surface area contributed by atoms with E-state index >= 15 is 0 Å².